The molecule has 1 heterocycles. The zero-order valence-corrected chi connectivity index (χ0v) is 8.39. The molecule has 84 valence electrons. The van der Waals surface area contributed by atoms with E-state index in [2.05, 4.69) is 20.1 Å². The van der Waals surface area contributed by atoms with Crippen molar-refractivity contribution < 1.29 is 17.9 Å². The van der Waals surface area contributed by atoms with E-state index < -0.39 is 6.36 Å². The molecule has 2 rings (SSSR count). The van der Waals surface area contributed by atoms with E-state index in [9.17, 15) is 13.2 Å². The van der Waals surface area contributed by atoms with Gasteiger partial charge in [0.2, 0.25) is 0 Å². The fourth-order valence-corrected chi connectivity index (χ4v) is 1.40. The van der Waals surface area contributed by atoms with Crippen LogP contribution in [0, 0.1) is 4.64 Å². The average molecular weight is 247 g/mol. The molecule has 16 heavy (non-hydrogen) atoms. The number of alkyl halides is 3. The second kappa shape index (κ2) is 3.71. The molecule has 0 unspecified atom stereocenters. The van der Waals surface area contributed by atoms with Crippen LogP contribution in [-0.4, -0.2) is 21.8 Å². The summed E-state index contributed by atoms with van der Waals surface area (Å²) < 4.78 is 39.8. The van der Waals surface area contributed by atoms with Gasteiger partial charge < -0.3 is 4.74 Å². The van der Waals surface area contributed by atoms with Crippen LogP contribution in [0.25, 0.3) is 10.9 Å². The third kappa shape index (κ3) is 2.27. The Morgan fingerprint density at radius 3 is 2.75 bits per heavy atom. The van der Waals surface area contributed by atoms with Gasteiger partial charge in [-0.05, 0) is 12.1 Å². The van der Waals surface area contributed by atoms with Crippen molar-refractivity contribution in [2.24, 2.45) is 0 Å². The van der Waals surface area contributed by atoms with Crippen LogP contribution in [0.4, 0.5) is 13.2 Å². The number of nitrogens with zero attached hydrogens (tertiary/aromatic N) is 2. The lowest BCUT2D eigenvalue weighted by molar-refractivity contribution is -0.274. The molecule has 0 spiro atoms. The lowest BCUT2D eigenvalue weighted by atomic mass is 10.2. The van der Waals surface area contributed by atoms with Crippen molar-refractivity contribution in [3.8, 4) is 5.75 Å². The number of hydrogen-bond acceptors (Lipinski definition) is 4. The minimum Gasteiger partial charge on any atom is -0.406 e. The van der Waals surface area contributed by atoms with Gasteiger partial charge >= 0.3 is 6.36 Å². The lowest BCUT2D eigenvalue weighted by Crippen LogP contribution is -2.17. The molecule has 0 aliphatic heterocycles. The maximum atomic E-state index is 11.9. The van der Waals surface area contributed by atoms with Gasteiger partial charge in [-0.1, -0.05) is 17.4 Å². The lowest BCUT2D eigenvalue weighted by Gasteiger charge is -2.08. The predicted molar refractivity (Wildman–Crippen MR) is 51.4 cm³/mol. The van der Waals surface area contributed by atoms with Crippen molar-refractivity contribution in [3.63, 3.8) is 0 Å². The molecule has 0 amide bonds. The monoisotopic (exact) mass is 247 g/mol. The van der Waals surface area contributed by atoms with Gasteiger partial charge in [-0.15, -0.1) is 18.3 Å². The third-order valence-corrected chi connectivity index (χ3v) is 2.07. The smallest absolute Gasteiger partial charge is 0.406 e. The van der Waals surface area contributed by atoms with Crippen molar-refractivity contribution in [3.05, 3.63) is 22.8 Å². The molecule has 0 bridgehead atoms. The maximum Gasteiger partial charge on any atom is 0.573 e. The molecule has 1 aromatic heterocycles. The highest BCUT2D eigenvalue weighted by Gasteiger charge is 2.31. The van der Waals surface area contributed by atoms with Crippen molar-refractivity contribution in [1.29, 1.82) is 0 Å². The number of rotatable bonds is 1. The highest BCUT2D eigenvalue weighted by atomic mass is 32.1. The number of benzene rings is 1. The van der Waals surface area contributed by atoms with Gasteiger partial charge in [-0.25, -0.2) is 0 Å². The summed E-state index contributed by atoms with van der Waals surface area (Å²) in [6, 6.07) is 3.72. The van der Waals surface area contributed by atoms with Crippen molar-refractivity contribution >= 4 is 23.1 Å². The van der Waals surface area contributed by atoms with Gasteiger partial charge in [-0.3, -0.25) is 5.10 Å². The molecule has 4 nitrogen and oxygen atoms in total. The fraction of sp³-hybridized carbons (Fsp3) is 0.125. The minimum atomic E-state index is -4.72. The third-order valence-electron chi connectivity index (χ3n) is 1.77. The molecule has 0 aliphatic carbocycles. The molecular formula is C8H4F3N3OS. The number of ether oxygens (including phenoxy) is 1. The SMILES string of the molecule is FC(F)(F)Oc1ccc2c(=S)nn[nH]c2c1. The fourth-order valence-electron chi connectivity index (χ4n) is 1.18. The van der Waals surface area contributed by atoms with Crippen LogP contribution < -0.4 is 4.74 Å². The van der Waals surface area contributed by atoms with E-state index in [0.717, 1.165) is 6.07 Å². The van der Waals surface area contributed by atoms with Gasteiger partial charge in [0, 0.05) is 11.5 Å². The van der Waals surface area contributed by atoms with Crippen LogP contribution in [0.1, 0.15) is 0 Å². The summed E-state index contributed by atoms with van der Waals surface area (Å²) in [6.45, 7) is 0. The second-order valence-electron chi connectivity index (χ2n) is 2.87. The molecule has 2 aromatic rings. The summed E-state index contributed by atoms with van der Waals surface area (Å²) in [6.07, 6.45) is -4.72. The molecule has 0 fully saturated rings. The molecule has 0 aliphatic rings. The Morgan fingerprint density at radius 1 is 1.31 bits per heavy atom. The molecular weight excluding hydrogens is 243 g/mol. The summed E-state index contributed by atoms with van der Waals surface area (Å²) in [5.74, 6) is -0.335. The minimum absolute atomic E-state index is 0.215. The summed E-state index contributed by atoms with van der Waals surface area (Å²) in [7, 11) is 0. The maximum absolute atomic E-state index is 11.9. The van der Waals surface area contributed by atoms with Crippen molar-refractivity contribution in [2.45, 2.75) is 6.36 Å². The summed E-state index contributed by atoms with van der Waals surface area (Å²) >= 11 is 4.85. The first-order chi connectivity index (χ1) is 7.46. The Kier molecular flexibility index (Phi) is 2.50. The quantitative estimate of drug-likeness (QED) is 0.787. The van der Waals surface area contributed by atoms with Gasteiger partial charge in [0.05, 0.1) is 5.52 Å². The van der Waals surface area contributed by atoms with Gasteiger partial charge in [0.15, 0.2) is 4.64 Å². The molecule has 1 aromatic carbocycles. The molecule has 0 saturated heterocycles. The zero-order chi connectivity index (χ0) is 11.8. The van der Waals surface area contributed by atoms with E-state index in [1.54, 1.807) is 0 Å². The standard InChI is InChI=1S/C8H4F3N3OS/c9-8(10,11)15-4-1-2-5-6(3-4)12-14-13-7(5)16/h1-3H,(H,12,13,16). The highest BCUT2D eigenvalue weighted by molar-refractivity contribution is 7.71. The summed E-state index contributed by atoms with van der Waals surface area (Å²) in [5, 5.41) is 9.95. The Hall–Kier alpha value is -1.70. The largest absolute Gasteiger partial charge is 0.573 e. The first kappa shape index (κ1) is 10.8. The number of aromatic amines is 1. The number of H-pyrrole nitrogens is 1. The Balaban J connectivity index is 2.49. The van der Waals surface area contributed by atoms with Crippen LogP contribution >= 0.6 is 12.2 Å². The van der Waals surface area contributed by atoms with E-state index in [-0.39, 0.29) is 10.4 Å². The van der Waals surface area contributed by atoms with Crippen LogP contribution in [0.3, 0.4) is 0 Å². The van der Waals surface area contributed by atoms with E-state index in [0.29, 0.717) is 10.9 Å². The normalized spacial score (nSPS) is 11.7. The molecule has 1 N–H and O–H groups in total. The van der Waals surface area contributed by atoms with E-state index in [4.69, 9.17) is 12.2 Å². The molecule has 0 radical (unpaired) electrons. The van der Waals surface area contributed by atoms with Gasteiger partial charge in [0.25, 0.3) is 0 Å². The predicted octanol–water partition coefficient (Wildman–Crippen LogP) is 2.59. The molecule has 0 saturated carbocycles. The highest BCUT2D eigenvalue weighted by Crippen LogP contribution is 2.25. The summed E-state index contributed by atoms with van der Waals surface area (Å²) in [5.41, 5.74) is 0.335. The van der Waals surface area contributed by atoms with Crippen LogP contribution in [0.2, 0.25) is 0 Å². The van der Waals surface area contributed by atoms with Gasteiger partial charge in [0.1, 0.15) is 5.75 Å². The number of aromatic nitrogens is 3. The molecule has 8 heteroatoms. The van der Waals surface area contributed by atoms with Crippen LogP contribution in [0.5, 0.6) is 5.75 Å². The van der Waals surface area contributed by atoms with Crippen LogP contribution in [0.15, 0.2) is 18.2 Å². The number of halogens is 3. The number of fused-ring (bicyclic) bond motifs is 1. The first-order valence-corrected chi connectivity index (χ1v) is 4.47. The van der Waals surface area contributed by atoms with Crippen molar-refractivity contribution in [1.82, 2.24) is 15.4 Å². The van der Waals surface area contributed by atoms with E-state index in [1.807, 2.05) is 0 Å². The second-order valence-corrected chi connectivity index (χ2v) is 3.26. The topological polar surface area (TPSA) is 50.8 Å². The van der Waals surface area contributed by atoms with E-state index in [1.165, 1.54) is 12.1 Å². The van der Waals surface area contributed by atoms with Crippen LogP contribution in [-0.2, 0) is 0 Å². The average Bonchev–Trinajstić information content (AvgIpc) is 2.15. The molecule has 0 atom stereocenters. The Labute approximate surface area is 92.0 Å². The van der Waals surface area contributed by atoms with E-state index >= 15 is 0 Å². The summed E-state index contributed by atoms with van der Waals surface area (Å²) in [4.78, 5) is 0. The van der Waals surface area contributed by atoms with Gasteiger partial charge in [-0.2, -0.15) is 0 Å². The Bertz CT molecular complexity index is 580. The first-order valence-electron chi connectivity index (χ1n) is 4.06. The zero-order valence-electron chi connectivity index (χ0n) is 7.58. The Morgan fingerprint density at radius 2 is 2.06 bits per heavy atom. The number of nitrogens with one attached hydrogen (secondary N) is 1. The van der Waals surface area contributed by atoms with Crippen molar-refractivity contribution in [2.75, 3.05) is 0 Å². The number of hydrogen-bond donors (Lipinski definition) is 1.